The molecule has 17 heavy (non-hydrogen) atoms. The Morgan fingerprint density at radius 2 is 2.18 bits per heavy atom. The van der Waals surface area contributed by atoms with Crippen LogP contribution in [0.1, 0.15) is 57.8 Å². The summed E-state index contributed by atoms with van der Waals surface area (Å²) in [5.41, 5.74) is 6.93. The van der Waals surface area contributed by atoms with Crippen molar-refractivity contribution in [3.05, 3.63) is 11.6 Å². The number of nitrogens with two attached hydrogens (primary N) is 1. The van der Waals surface area contributed by atoms with E-state index in [9.17, 15) is 4.79 Å². The summed E-state index contributed by atoms with van der Waals surface area (Å²) < 4.78 is 0. The minimum absolute atomic E-state index is 0.193. The predicted octanol–water partition coefficient (Wildman–Crippen LogP) is 2.51. The van der Waals surface area contributed by atoms with E-state index < -0.39 is 0 Å². The van der Waals surface area contributed by atoms with E-state index in [0.29, 0.717) is 6.42 Å². The van der Waals surface area contributed by atoms with Crippen molar-refractivity contribution in [2.75, 3.05) is 13.1 Å². The van der Waals surface area contributed by atoms with E-state index in [0.717, 1.165) is 38.8 Å². The number of nitrogens with one attached hydrogen (secondary N) is 1. The van der Waals surface area contributed by atoms with Crippen molar-refractivity contribution in [3.63, 3.8) is 0 Å². The number of carbonyl (C=O) groups excluding carboxylic acids is 1. The summed E-state index contributed by atoms with van der Waals surface area (Å²) in [6.45, 7) is 1.54. The second-order valence-electron chi connectivity index (χ2n) is 4.81. The van der Waals surface area contributed by atoms with Crippen LogP contribution in [0.5, 0.6) is 0 Å². The molecule has 98 valence electrons. The Balaban J connectivity index is 1.98. The quantitative estimate of drug-likeness (QED) is 0.504. The van der Waals surface area contributed by atoms with Crippen molar-refractivity contribution in [2.45, 2.75) is 57.8 Å². The Morgan fingerprint density at radius 3 is 2.88 bits per heavy atom. The molecule has 0 heterocycles. The number of hydrogen-bond donors (Lipinski definition) is 2. The van der Waals surface area contributed by atoms with Gasteiger partial charge in [0.25, 0.3) is 0 Å². The van der Waals surface area contributed by atoms with Gasteiger partial charge in [-0.05, 0) is 51.5 Å². The Kier molecular flexibility index (Phi) is 7.72. The molecular formula is C14H26N2O. The fourth-order valence-electron chi connectivity index (χ4n) is 2.19. The fraction of sp³-hybridized carbons (Fsp3) is 0.786. The van der Waals surface area contributed by atoms with E-state index in [1.54, 1.807) is 0 Å². The van der Waals surface area contributed by atoms with Gasteiger partial charge in [0.2, 0.25) is 5.91 Å². The van der Waals surface area contributed by atoms with Gasteiger partial charge < -0.3 is 11.1 Å². The summed E-state index contributed by atoms with van der Waals surface area (Å²) >= 11 is 0. The SMILES string of the molecule is NCCCCCC(=O)NCCC1=CCCCC1. The number of unbranched alkanes of at least 4 members (excludes halogenated alkanes) is 2. The first-order valence-corrected chi connectivity index (χ1v) is 6.97. The molecule has 0 saturated carbocycles. The number of amides is 1. The molecule has 0 aromatic heterocycles. The Labute approximate surface area is 105 Å². The van der Waals surface area contributed by atoms with Gasteiger partial charge in [-0.2, -0.15) is 0 Å². The molecular weight excluding hydrogens is 212 g/mol. The molecule has 0 saturated heterocycles. The van der Waals surface area contributed by atoms with E-state index in [-0.39, 0.29) is 5.91 Å². The van der Waals surface area contributed by atoms with Gasteiger partial charge in [0.15, 0.2) is 0 Å². The Morgan fingerprint density at radius 1 is 1.29 bits per heavy atom. The molecule has 1 rings (SSSR count). The molecule has 0 atom stereocenters. The van der Waals surface area contributed by atoms with Crippen molar-refractivity contribution in [1.82, 2.24) is 5.32 Å². The van der Waals surface area contributed by atoms with Crippen LogP contribution in [0.4, 0.5) is 0 Å². The zero-order valence-corrected chi connectivity index (χ0v) is 10.8. The Bertz CT molecular complexity index is 249. The molecule has 0 aliphatic heterocycles. The van der Waals surface area contributed by atoms with Gasteiger partial charge >= 0.3 is 0 Å². The first-order valence-electron chi connectivity index (χ1n) is 6.97. The van der Waals surface area contributed by atoms with Gasteiger partial charge in [0.05, 0.1) is 0 Å². The molecule has 0 aromatic carbocycles. The second-order valence-corrected chi connectivity index (χ2v) is 4.81. The molecule has 0 spiro atoms. The van der Waals surface area contributed by atoms with Crippen molar-refractivity contribution in [1.29, 1.82) is 0 Å². The molecule has 3 nitrogen and oxygen atoms in total. The van der Waals surface area contributed by atoms with Gasteiger partial charge in [0, 0.05) is 13.0 Å². The number of hydrogen-bond acceptors (Lipinski definition) is 2. The minimum Gasteiger partial charge on any atom is -0.356 e. The van der Waals surface area contributed by atoms with Crippen LogP contribution >= 0.6 is 0 Å². The van der Waals surface area contributed by atoms with Crippen LogP contribution in [0.3, 0.4) is 0 Å². The van der Waals surface area contributed by atoms with Crippen molar-refractivity contribution >= 4 is 5.91 Å². The second kappa shape index (κ2) is 9.23. The monoisotopic (exact) mass is 238 g/mol. The van der Waals surface area contributed by atoms with Gasteiger partial charge in [0.1, 0.15) is 0 Å². The van der Waals surface area contributed by atoms with E-state index >= 15 is 0 Å². The molecule has 0 unspecified atom stereocenters. The van der Waals surface area contributed by atoms with E-state index in [2.05, 4.69) is 11.4 Å². The standard InChI is InChI=1S/C14H26N2O/c15-11-6-2-5-9-14(17)16-12-10-13-7-3-1-4-8-13/h7H,1-6,8-12,15H2,(H,16,17). The maximum absolute atomic E-state index is 11.5. The van der Waals surface area contributed by atoms with Crippen LogP contribution in [0.15, 0.2) is 11.6 Å². The molecule has 1 aliphatic rings. The summed E-state index contributed by atoms with van der Waals surface area (Å²) in [5, 5.41) is 3.00. The van der Waals surface area contributed by atoms with Gasteiger partial charge in [-0.1, -0.05) is 18.1 Å². The van der Waals surface area contributed by atoms with Crippen molar-refractivity contribution < 1.29 is 4.79 Å². The van der Waals surface area contributed by atoms with Crippen LogP contribution in [0, 0.1) is 0 Å². The lowest BCUT2D eigenvalue weighted by Gasteiger charge is -2.12. The van der Waals surface area contributed by atoms with E-state index in [4.69, 9.17) is 5.73 Å². The highest BCUT2D eigenvalue weighted by Crippen LogP contribution is 2.19. The fourth-order valence-corrected chi connectivity index (χ4v) is 2.19. The maximum atomic E-state index is 11.5. The average molecular weight is 238 g/mol. The largest absolute Gasteiger partial charge is 0.356 e. The average Bonchev–Trinajstić information content (AvgIpc) is 2.36. The Hall–Kier alpha value is -0.830. The molecule has 1 amide bonds. The highest BCUT2D eigenvalue weighted by molar-refractivity contribution is 5.75. The maximum Gasteiger partial charge on any atom is 0.220 e. The van der Waals surface area contributed by atoms with Crippen LogP contribution in [-0.2, 0) is 4.79 Å². The number of rotatable bonds is 8. The predicted molar refractivity (Wildman–Crippen MR) is 71.7 cm³/mol. The molecule has 0 radical (unpaired) electrons. The number of allylic oxidation sites excluding steroid dienone is 1. The summed E-state index contributed by atoms with van der Waals surface area (Å²) in [7, 11) is 0. The van der Waals surface area contributed by atoms with Crippen LogP contribution in [0.2, 0.25) is 0 Å². The van der Waals surface area contributed by atoms with Crippen molar-refractivity contribution in [3.8, 4) is 0 Å². The molecule has 0 fully saturated rings. The van der Waals surface area contributed by atoms with Crippen molar-refractivity contribution in [2.24, 2.45) is 5.73 Å². The zero-order valence-electron chi connectivity index (χ0n) is 10.8. The lowest BCUT2D eigenvalue weighted by atomic mass is 9.97. The highest BCUT2D eigenvalue weighted by Gasteiger charge is 2.04. The summed E-state index contributed by atoms with van der Waals surface area (Å²) in [5.74, 6) is 0.193. The molecule has 0 bridgehead atoms. The molecule has 3 heteroatoms. The summed E-state index contributed by atoms with van der Waals surface area (Å²) in [6, 6.07) is 0. The summed E-state index contributed by atoms with van der Waals surface area (Å²) in [6.07, 6.45) is 12.2. The van der Waals surface area contributed by atoms with Gasteiger partial charge in [-0.25, -0.2) is 0 Å². The summed E-state index contributed by atoms with van der Waals surface area (Å²) in [4.78, 5) is 11.5. The normalized spacial score (nSPS) is 15.5. The molecule has 3 N–H and O–H groups in total. The third-order valence-electron chi connectivity index (χ3n) is 3.26. The number of carbonyl (C=O) groups is 1. The zero-order chi connectivity index (χ0) is 12.3. The lowest BCUT2D eigenvalue weighted by molar-refractivity contribution is -0.121. The lowest BCUT2D eigenvalue weighted by Crippen LogP contribution is -2.24. The van der Waals surface area contributed by atoms with Gasteiger partial charge in [-0.3, -0.25) is 4.79 Å². The first-order chi connectivity index (χ1) is 8.33. The van der Waals surface area contributed by atoms with Crippen LogP contribution in [-0.4, -0.2) is 19.0 Å². The minimum atomic E-state index is 0.193. The van der Waals surface area contributed by atoms with Crippen LogP contribution < -0.4 is 11.1 Å². The van der Waals surface area contributed by atoms with Crippen LogP contribution in [0.25, 0.3) is 0 Å². The van der Waals surface area contributed by atoms with Gasteiger partial charge in [-0.15, -0.1) is 0 Å². The first kappa shape index (κ1) is 14.2. The molecule has 0 aromatic rings. The van der Waals surface area contributed by atoms with E-state index in [1.807, 2.05) is 0 Å². The molecule has 1 aliphatic carbocycles. The smallest absolute Gasteiger partial charge is 0.220 e. The third kappa shape index (κ3) is 7.16. The topological polar surface area (TPSA) is 55.1 Å². The highest BCUT2D eigenvalue weighted by atomic mass is 16.1. The third-order valence-corrected chi connectivity index (χ3v) is 3.26. The van der Waals surface area contributed by atoms with E-state index in [1.165, 1.54) is 31.3 Å².